The minimum atomic E-state index is -0.353. The van der Waals surface area contributed by atoms with Crippen LogP contribution < -0.4 is 10.9 Å². The molecule has 3 aromatic carbocycles. The summed E-state index contributed by atoms with van der Waals surface area (Å²) in [6.07, 6.45) is 2.36. The number of carbonyl (C=O) groups is 1. The molecule has 7 heteroatoms. The van der Waals surface area contributed by atoms with E-state index in [0.717, 1.165) is 21.9 Å². The Labute approximate surface area is 196 Å². The van der Waals surface area contributed by atoms with E-state index >= 15 is 0 Å². The van der Waals surface area contributed by atoms with E-state index in [2.05, 4.69) is 15.4 Å². The van der Waals surface area contributed by atoms with E-state index in [0.29, 0.717) is 24.2 Å². The van der Waals surface area contributed by atoms with Crippen LogP contribution in [0.25, 0.3) is 27.5 Å². The minimum Gasteiger partial charge on any atom is -0.383 e. The van der Waals surface area contributed by atoms with Crippen molar-refractivity contribution in [2.75, 3.05) is 13.7 Å². The third kappa shape index (κ3) is 4.46. The molecule has 1 amide bonds. The van der Waals surface area contributed by atoms with E-state index < -0.39 is 0 Å². The number of aromatic nitrogens is 3. The van der Waals surface area contributed by atoms with Crippen molar-refractivity contribution >= 4 is 22.2 Å². The maximum atomic E-state index is 12.9. The van der Waals surface area contributed by atoms with E-state index in [1.54, 1.807) is 13.3 Å². The van der Waals surface area contributed by atoms with Crippen LogP contribution in [0.5, 0.6) is 0 Å². The second kappa shape index (κ2) is 9.33. The fourth-order valence-electron chi connectivity index (χ4n) is 4.13. The van der Waals surface area contributed by atoms with Crippen molar-refractivity contribution in [1.29, 1.82) is 0 Å². The lowest BCUT2D eigenvalue weighted by Crippen LogP contribution is -2.39. The number of methoxy groups -OCH3 is 1. The molecule has 2 aromatic heterocycles. The molecule has 0 unspecified atom stereocenters. The molecule has 5 rings (SSSR count). The maximum Gasteiger partial charge on any atom is 0.274 e. The number of benzene rings is 3. The number of nitrogens with one attached hydrogen (secondary N) is 2. The molecule has 170 valence electrons. The Hall–Kier alpha value is -4.23. The van der Waals surface area contributed by atoms with Gasteiger partial charge in [0.1, 0.15) is 5.52 Å². The molecule has 5 aromatic rings. The Morgan fingerprint density at radius 2 is 1.79 bits per heavy atom. The fourth-order valence-corrected chi connectivity index (χ4v) is 4.13. The quantitative estimate of drug-likeness (QED) is 0.393. The smallest absolute Gasteiger partial charge is 0.274 e. The summed E-state index contributed by atoms with van der Waals surface area (Å²) in [4.78, 5) is 28.6. The SMILES string of the molecule is COC[C@H](Cc1ccccc1)NC(=O)c1cc2c(=O)[nH]c(-c3ccc4ccccc4c3)cn2n1. The molecule has 7 nitrogen and oxygen atoms in total. The van der Waals surface area contributed by atoms with Gasteiger partial charge < -0.3 is 15.0 Å². The summed E-state index contributed by atoms with van der Waals surface area (Å²) in [6, 6.07) is 25.2. The Balaban J connectivity index is 1.42. The van der Waals surface area contributed by atoms with Gasteiger partial charge in [0.05, 0.1) is 24.5 Å². The van der Waals surface area contributed by atoms with Crippen LogP contribution in [0.15, 0.2) is 89.9 Å². The van der Waals surface area contributed by atoms with Gasteiger partial charge in [0, 0.05) is 18.7 Å². The van der Waals surface area contributed by atoms with Crippen LogP contribution in [0.3, 0.4) is 0 Å². The zero-order chi connectivity index (χ0) is 23.5. The highest BCUT2D eigenvalue weighted by Crippen LogP contribution is 2.22. The summed E-state index contributed by atoms with van der Waals surface area (Å²) >= 11 is 0. The second-order valence-corrected chi connectivity index (χ2v) is 8.23. The number of carbonyl (C=O) groups excluding carboxylic acids is 1. The molecule has 1 atom stereocenters. The first-order valence-electron chi connectivity index (χ1n) is 11.1. The fraction of sp³-hybridized carbons (Fsp3) is 0.148. The van der Waals surface area contributed by atoms with Gasteiger partial charge in [0.25, 0.3) is 11.5 Å². The van der Waals surface area contributed by atoms with Crippen LogP contribution in [0.4, 0.5) is 0 Å². The summed E-state index contributed by atoms with van der Waals surface area (Å²) in [6.45, 7) is 0.362. The number of hydrogen-bond donors (Lipinski definition) is 2. The zero-order valence-corrected chi connectivity index (χ0v) is 18.7. The van der Waals surface area contributed by atoms with E-state index in [1.165, 1.54) is 10.6 Å². The van der Waals surface area contributed by atoms with Crippen LogP contribution in [0, 0.1) is 0 Å². The van der Waals surface area contributed by atoms with Gasteiger partial charge in [-0.2, -0.15) is 5.10 Å². The van der Waals surface area contributed by atoms with E-state index in [1.807, 2.05) is 72.8 Å². The van der Waals surface area contributed by atoms with Gasteiger partial charge in [-0.1, -0.05) is 66.7 Å². The van der Waals surface area contributed by atoms with Crippen molar-refractivity contribution in [1.82, 2.24) is 19.9 Å². The zero-order valence-electron chi connectivity index (χ0n) is 18.7. The predicted molar refractivity (Wildman–Crippen MR) is 132 cm³/mol. The summed E-state index contributed by atoms with van der Waals surface area (Å²) in [5, 5.41) is 9.56. The normalized spacial score (nSPS) is 12.1. The molecule has 0 aliphatic heterocycles. The number of hydrogen-bond acceptors (Lipinski definition) is 4. The first-order valence-corrected chi connectivity index (χ1v) is 11.1. The molecule has 0 fully saturated rings. The number of amides is 1. The summed E-state index contributed by atoms with van der Waals surface area (Å²) in [5.74, 6) is -0.353. The molecule has 0 saturated carbocycles. The minimum absolute atomic E-state index is 0.176. The number of H-pyrrole nitrogens is 1. The van der Waals surface area contributed by atoms with Crippen molar-refractivity contribution in [3.8, 4) is 11.3 Å². The summed E-state index contributed by atoms with van der Waals surface area (Å²) < 4.78 is 6.75. The van der Waals surface area contributed by atoms with Gasteiger partial charge in [-0.25, -0.2) is 4.52 Å². The summed E-state index contributed by atoms with van der Waals surface area (Å²) in [7, 11) is 1.60. The van der Waals surface area contributed by atoms with Gasteiger partial charge >= 0.3 is 0 Å². The first kappa shape index (κ1) is 21.6. The number of ether oxygens (including phenoxy) is 1. The van der Waals surface area contributed by atoms with Crippen molar-refractivity contribution in [2.45, 2.75) is 12.5 Å². The predicted octanol–water partition coefficient (Wildman–Crippen LogP) is 3.83. The molecule has 0 spiro atoms. The highest BCUT2D eigenvalue weighted by molar-refractivity contribution is 5.93. The molecule has 0 aliphatic rings. The Kier molecular flexibility index (Phi) is 5.93. The van der Waals surface area contributed by atoms with Gasteiger partial charge in [0.15, 0.2) is 5.69 Å². The van der Waals surface area contributed by atoms with Gasteiger partial charge in [-0.05, 0) is 28.8 Å². The van der Waals surface area contributed by atoms with Crippen LogP contribution in [-0.2, 0) is 11.2 Å². The molecule has 0 aliphatic carbocycles. The number of aromatic amines is 1. The number of fused-ring (bicyclic) bond motifs is 2. The molecular weight excluding hydrogens is 428 g/mol. The van der Waals surface area contributed by atoms with Crippen LogP contribution >= 0.6 is 0 Å². The molecule has 2 N–H and O–H groups in total. The van der Waals surface area contributed by atoms with Gasteiger partial charge in [-0.3, -0.25) is 9.59 Å². The van der Waals surface area contributed by atoms with Crippen molar-refractivity contribution < 1.29 is 9.53 Å². The second-order valence-electron chi connectivity index (χ2n) is 8.23. The topological polar surface area (TPSA) is 88.5 Å². The lowest BCUT2D eigenvalue weighted by molar-refractivity contribution is 0.0891. The van der Waals surface area contributed by atoms with Crippen molar-refractivity contribution in [2.24, 2.45) is 0 Å². The van der Waals surface area contributed by atoms with Gasteiger partial charge in [0.2, 0.25) is 0 Å². The third-order valence-corrected chi connectivity index (χ3v) is 5.79. The molecule has 2 heterocycles. The number of nitrogens with zero attached hydrogens (tertiary/aromatic N) is 2. The summed E-state index contributed by atoms with van der Waals surface area (Å²) in [5.41, 5.74) is 2.75. The van der Waals surface area contributed by atoms with Crippen LogP contribution in [-0.4, -0.2) is 40.3 Å². The average Bonchev–Trinajstić information content (AvgIpc) is 3.30. The molecule has 34 heavy (non-hydrogen) atoms. The highest BCUT2D eigenvalue weighted by Gasteiger charge is 2.18. The lowest BCUT2D eigenvalue weighted by atomic mass is 10.1. The molecular formula is C27H24N4O3. The van der Waals surface area contributed by atoms with E-state index in [4.69, 9.17) is 4.74 Å². The Bertz CT molecular complexity index is 1520. The standard InChI is InChI=1S/C27H24N4O3/c1-34-17-22(13-18-7-3-2-4-8-18)28-26(32)23-15-25-27(33)29-24(16-31(25)30-23)21-12-11-19-9-5-6-10-20(19)14-21/h2-12,14-16,22H,13,17H2,1H3,(H,28,32)(H,29,33)/t22-/m0/s1. The number of rotatable bonds is 7. The first-order chi connectivity index (χ1) is 16.6. The van der Waals surface area contributed by atoms with Crippen LogP contribution in [0.2, 0.25) is 0 Å². The highest BCUT2D eigenvalue weighted by atomic mass is 16.5. The maximum absolute atomic E-state index is 12.9. The van der Waals surface area contributed by atoms with Gasteiger partial charge in [-0.15, -0.1) is 0 Å². The van der Waals surface area contributed by atoms with E-state index in [-0.39, 0.29) is 23.2 Å². The lowest BCUT2D eigenvalue weighted by Gasteiger charge is -2.17. The monoisotopic (exact) mass is 452 g/mol. The van der Waals surface area contributed by atoms with Crippen molar-refractivity contribution in [3.63, 3.8) is 0 Å². The van der Waals surface area contributed by atoms with Crippen LogP contribution in [0.1, 0.15) is 16.1 Å². The average molecular weight is 453 g/mol. The Morgan fingerprint density at radius 1 is 1.03 bits per heavy atom. The van der Waals surface area contributed by atoms with E-state index in [9.17, 15) is 9.59 Å². The van der Waals surface area contributed by atoms with Crippen molar-refractivity contribution in [3.05, 3.63) is 107 Å². The molecule has 0 bridgehead atoms. The largest absolute Gasteiger partial charge is 0.383 e. The Morgan fingerprint density at radius 3 is 2.59 bits per heavy atom. The molecule has 0 saturated heterocycles. The molecule has 0 radical (unpaired) electrons. The third-order valence-electron chi connectivity index (χ3n) is 5.79.